The summed E-state index contributed by atoms with van der Waals surface area (Å²) in [4.78, 5) is 18.5. The normalized spacial score (nSPS) is 11.3. The van der Waals surface area contributed by atoms with Crippen LogP contribution in [0.2, 0.25) is 0 Å². The molecule has 1 aromatic rings. The van der Waals surface area contributed by atoms with Gasteiger partial charge in [0.05, 0.1) is 0 Å². The number of nitrogens with zero attached hydrogens (tertiary/aromatic N) is 3. The number of halogens is 1. The molecule has 0 spiro atoms. The summed E-state index contributed by atoms with van der Waals surface area (Å²) in [5.41, 5.74) is -0.0370. The van der Waals surface area contributed by atoms with Crippen LogP contribution in [0.5, 0.6) is 0 Å². The zero-order chi connectivity index (χ0) is 13.7. The van der Waals surface area contributed by atoms with Crippen molar-refractivity contribution in [1.82, 2.24) is 9.55 Å². The summed E-state index contributed by atoms with van der Waals surface area (Å²) in [5.74, 6) is 1.41. The summed E-state index contributed by atoms with van der Waals surface area (Å²) in [6.07, 6.45) is 3.42. The third-order valence-corrected chi connectivity index (χ3v) is 2.85. The number of anilines is 1. The Hall–Kier alpha value is -1.03. The van der Waals surface area contributed by atoms with Gasteiger partial charge in [0.25, 0.3) is 5.56 Å². The van der Waals surface area contributed by atoms with Gasteiger partial charge >= 0.3 is 0 Å². The molecule has 0 saturated heterocycles. The van der Waals surface area contributed by atoms with Crippen molar-refractivity contribution in [3.8, 4) is 0 Å². The Bertz CT molecular complexity index is 428. The van der Waals surface area contributed by atoms with Crippen LogP contribution in [0.4, 0.5) is 5.82 Å². The van der Waals surface area contributed by atoms with Gasteiger partial charge in [0, 0.05) is 37.4 Å². The molecule has 0 aliphatic carbocycles. The lowest BCUT2D eigenvalue weighted by Crippen LogP contribution is -2.39. The van der Waals surface area contributed by atoms with Crippen LogP contribution in [-0.4, -0.2) is 28.0 Å². The van der Waals surface area contributed by atoms with Gasteiger partial charge < -0.3 is 9.47 Å². The first-order valence-electron chi connectivity index (χ1n) is 6.35. The van der Waals surface area contributed by atoms with Crippen molar-refractivity contribution in [1.29, 1.82) is 0 Å². The standard InChI is InChI=1S/C13H22ClN3O/c1-10(2)9-16-8-6-15-12(13(16)18)17(7-5-14)11(3)4/h6,8,10-11H,5,7,9H2,1-4H3. The molecule has 1 rings (SSSR count). The van der Waals surface area contributed by atoms with Gasteiger partial charge in [0.1, 0.15) is 0 Å². The largest absolute Gasteiger partial charge is 0.348 e. The lowest BCUT2D eigenvalue weighted by atomic mass is 10.2. The van der Waals surface area contributed by atoms with E-state index in [0.29, 0.717) is 30.7 Å². The van der Waals surface area contributed by atoms with E-state index in [1.807, 2.05) is 18.7 Å². The highest BCUT2D eigenvalue weighted by molar-refractivity contribution is 6.18. The summed E-state index contributed by atoms with van der Waals surface area (Å²) < 4.78 is 1.72. The first kappa shape index (κ1) is 15.0. The smallest absolute Gasteiger partial charge is 0.293 e. The average Bonchev–Trinajstić information content (AvgIpc) is 2.28. The van der Waals surface area contributed by atoms with Crippen molar-refractivity contribution in [2.75, 3.05) is 17.3 Å². The highest BCUT2D eigenvalue weighted by atomic mass is 35.5. The lowest BCUT2D eigenvalue weighted by Gasteiger charge is -2.26. The minimum Gasteiger partial charge on any atom is -0.348 e. The molecule has 0 unspecified atom stereocenters. The average molecular weight is 272 g/mol. The fraction of sp³-hybridized carbons (Fsp3) is 0.692. The number of rotatable bonds is 6. The fourth-order valence-electron chi connectivity index (χ4n) is 1.87. The number of hydrogen-bond acceptors (Lipinski definition) is 3. The summed E-state index contributed by atoms with van der Waals surface area (Å²) >= 11 is 5.79. The van der Waals surface area contributed by atoms with Crippen LogP contribution < -0.4 is 10.5 Å². The zero-order valence-electron chi connectivity index (χ0n) is 11.6. The minimum atomic E-state index is -0.0370. The summed E-state index contributed by atoms with van der Waals surface area (Å²) in [7, 11) is 0. The van der Waals surface area contributed by atoms with Crippen LogP contribution in [0, 0.1) is 5.92 Å². The maximum atomic E-state index is 12.3. The molecule has 0 aliphatic heterocycles. The molecule has 102 valence electrons. The lowest BCUT2D eigenvalue weighted by molar-refractivity contribution is 0.507. The second-order valence-electron chi connectivity index (χ2n) is 5.08. The first-order chi connectivity index (χ1) is 8.47. The van der Waals surface area contributed by atoms with Crippen LogP contribution in [-0.2, 0) is 6.54 Å². The van der Waals surface area contributed by atoms with Crippen LogP contribution in [0.1, 0.15) is 27.7 Å². The van der Waals surface area contributed by atoms with E-state index in [9.17, 15) is 4.79 Å². The van der Waals surface area contributed by atoms with Crippen LogP contribution in [0.15, 0.2) is 17.2 Å². The maximum Gasteiger partial charge on any atom is 0.293 e. The Morgan fingerprint density at radius 3 is 2.56 bits per heavy atom. The second kappa shape index (κ2) is 6.78. The number of hydrogen-bond donors (Lipinski definition) is 0. The van der Waals surface area contributed by atoms with E-state index < -0.39 is 0 Å². The number of aromatic nitrogens is 2. The van der Waals surface area contributed by atoms with Gasteiger partial charge in [-0.15, -0.1) is 11.6 Å². The molecule has 0 amide bonds. The quantitative estimate of drug-likeness (QED) is 0.746. The van der Waals surface area contributed by atoms with E-state index in [-0.39, 0.29) is 11.6 Å². The van der Waals surface area contributed by atoms with E-state index in [1.54, 1.807) is 17.0 Å². The molecule has 0 fully saturated rings. The molecule has 0 bridgehead atoms. The topological polar surface area (TPSA) is 38.1 Å². The van der Waals surface area contributed by atoms with Crippen LogP contribution >= 0.6 is 11.6 Å². The molecule has 0 atom stereocenters. The van der Waals surface area contributed by atoms with Gasteiger partial charge in [0.15, 0.2) is 5.82 Å². The van der Waals surface area contributed by atoms with E-state index in [4.69, 9.17) is 11.6 Å². The molecule has 18 heavy (non-hydrogen) atoms. The van der Waals surface area contributed by atoms with Gasteiger partial charge in [-0.2, -0.15) is 0 Å². The van der Waals surface area contributed by atoms with Crippen molar-refractivity contribution in [3.63, 3.8) is 0 Å². The Morgan fingerprint density at radius 2 is 2.06 bits per heavy atom. The Kier molecular flexibility index (Phi) is 5.66. The Balaban J connectivity index is 3.11. The van der Waals surface area contributed by atoms with Gasteiger partial charge in [-0.05, 0) is 19.8 Å². The number of alkyl halides is 1. The second-order valence-corrected chi connectivity index (χ2v) is 5.46. The summed E-state index contributed by atoms with van der Waals surface area (Å²) in [6, 6.07) is 0.207. The molecule has 0 N–H and O–H groups in total. The first-order valence-corrected chi connectivity index (χ1v) is 6.88. The molecule has 0 aromatic carbocycles. The minimum absolute atomic E-state index is 0.0370. The van der Waals surface area contributed by atoms with E-state index in [2.05, 4.69) is 18.8 Å². The molecular formula is C13H22ClN3O. The van der Waals surface area contributed by atoms with Gasteiger partial charge in [-0.1, -0.05) is 13.8 Å². The molecule has 0 radical (unpaired) electrons. The van der Waals surface area contributed by atoms with Crippen LogP contribution in [0.25, 0.3) is 0 Å². The van der Waals surface area contributed by atoms with E-state index in [0.717, 1.165) is 0 Å². The van der Waals surface area contributed by atoms with Crippen molar-refractivity contribution >= 4 is 17.4 Å². The molecule has 1 aromatic heterocycles. The summed E-state index contributed by atoms with van der Waals surface area (Å²) in [5, 5.41) is 0. The third-order valence-electron chi connectivity index (χ3n) is 2.68. The van der Waals surface area contributed by atoms with E-state index in [1.165, 1.54) is 0 Å². The van der Waals surface area contributed by atoms with Crippen molar-refractivity contribution in [3.05, 3.63) is 22.7 Å². The van der Waals surface area contributed by atoms with Crippen molar-refractivity contribution in [2.45, 2.75) is 40.3 Å². The molecule has 0 saturated carbocycles. The predicted octanol–water partition coefficient (Wildman–Crippen LogP) is 2.35. The molecule has 0 aliphatic rings. The van der Waals surface area contributed by atoms with Gasteiger partial charge in [0.2, 0.25) is 0 Å². The third kappa shape index (κ3) is 3.73. The van der Waals surface area contributed by atoms with E-state index >= 15 is 0 Å². The van der Waals surface area contributed by atoms with Crippen molar-refractivity contribution < 1.29 is 0 Å². The maximum absolute atomic E-state index is 12.3. The zero-order valence-corrected chi connectivity index (χ0v) is 12.3. The molecule has 1 heterocycles. The van der Waals surface area contributed by atoms with Crippen molar-refractivity contribution in [2.24, 2.45) is 5.92 Å². The monoisotopic (exact) mass is 271 g/mol. The summed E-state index contributed by atoms with van der Waals surface area (Å²) in [6.45, 7) is 9.59. The van der Waals surface area contributed by atoms with Crippen LogP contribution in [0.3, 0.4) is 0 Å². The highest BCUT2D eigenvalue weighted by Gasteiger charge is 2.16. The molecular weight excluding hydrogens is 250 g/mol. The van der Waals surface area contributed by atoms with Gasteiger partial charge in [-0.25, -0.2) is 4.98 Å². The van der Waals surface area contributed by atoms with Gasteiger partial charge in [-0.3, -0.25) is 4.79 Å². The predicted molar refractivity (Wildman–Crippen MR) is 76.5 cm³/mol. The molecule has 4 nitrogen and oxygen atoms in total. The SMILES string of the molecule is CC(C)Cn1ccnc(N(CCCl)C(C)C)c1=O. The molecule has 5 heteroatoms. The highest BCUT2D eigenvalue weighted by Crippen LogP contribution is 2.09. The Labute approximate surface area is 114 Å². The Morgan fingerprint density at radius 1 is 1.39 bits per heavy atom. The fourth-order valence-corrected chi connectivity index (χ4v) is 2.05.